The summed E-state index contributed by atoms with van der Waals surface area (Å²) in [6, 6.07) is -0.887. The van der Waals surface area contributed by atoms with Gasteiger partial charge >= 0.3 is 7.82 Å². The zero-order valence-corrected chi connectivity index (χ0v) is 44.2. The SMILES string of the molecule is C/C=C/CC/C=C/CC/C=C/C(O)C(COP(=O)(O)OCC[N+](C)(C)C)NC(=O)CCCCCCCC/C=C\C/C=C\C/C=C\C/C=C\C/C=C\C/C=C\C/C=C\C/C=C\C/C=C\C/C=C\CC. The summed E-state index contributed by atoms with van der Waals surface area (Å²) >= 11 is 0. The molecule has 1 amide bonds. The molecule has 9 heteroatoms. The molecule has 3 atom stereocenters. The number of phosphoric ester groups is 1. The molecule has 0 radical (unpaired) electrons. The Kier molecular flexibility index (Phi) is 45.4. The van der Waals surface area contributed by atoms with E-state index in [1.54, 1.807) is 6.08 Å². The van der Waals surface area contributed by atoms with Gasteiger partial charge in [-0.2, -0.15) is 0 Å². The first-order chi connectivity index (χ1) is 33.0. The highest BCUT2D eigenvalue weighted by atomic mass is 31.2. The minimum absolute atomic E-state index is 0.0408. The molecule has 0 rings (SSSR count). The molecule has 0 aromatic rings. The normalized spacial score (nSPS) is 15.3. The number of rotatable bonds is 44. The maximum absolute atomic E-state index is 12.9. The fraction of sp³-hybridized carbons (Fsp3) is 0.542. The minimum atomic E-state index is -4.36. The van der Waals surface area contributed by atoms with Crippen LogP contribution in [-0.2, 0) is 18.4 Å². The Morgan fingerprint density at radius 2 is 0.912 bits per heavy atom. The van der Waals surface area contributed by atoms with E-state index in [-0.39, 0.29) is 19.1 Å². The van der Waals surface area contributed by atoms with Gasteiger partial charge in [0, 0.05) is 6.42 Å². The standard InChI is InChI=1S/C59H95N2O6P/c1-6-8-10-12-14-16-17-18-19-20-21-22-23-24-25-26-27-28-29-30-31-32-33-34-35-36-37-38-39-40-41-42-43-45-47-49-51-53-59(63)60-57(56-67-68(64,65)66-55-54-61(3,4)5)58(62)52-50-48-46-44-15-13-11-9-7-2/h7-10,14-16,18-19,21-22,24-25,27-28,30-31,33-34,36-37,39-40,44,50,52,57-58,62H,6,11-13,17,20,23,26,29,32,35,38,41-43,45-49,51,53-56H2,1-5H3,(H-,60,63,64,65)/p+1/b9-7+,10-8-,16-14-,19-18-,22-21-,25-24-,28-27-,31-30-,34-33-,37-36-,40-39-,44-15+,52-50+. The molecule has 3 unspecified atom stereocenters. The van der Waals surface area contributed by atoms with Crippen LogP contribution in [0.5, 0.6) is 0 Å². The van der Waals surface area contributed by atoms with Crippen molar-refractivity contribution in [1.29, 1.82) is 0 Å². The van der Waals surface area contributed by atoms with E-state index in [2.05, 4.69) is 152 Å². The van der Waals surface area contributed by atoms with E-state index in [0.717, 1.165) is 135 Å². The summed E-state index contributed by atoms with van der Waals surface area (Å²) < 4.78 is 23.5. The summed E-state index contributed by atoms with van der Waals surface area (Å²) in [6.45, 7) is 4.38. The maximum atomic E-state index is 12.9. The van der Waals surface area contributed by atoms with Gasteiger partial charge in [-0.05, 0) is 116 Å². The Balaban J connectivity index is 4.16. The summed E-state index contributed by atoms with van der Waals surface area (Å²) in [4.78, 5) is 23.1. The van der Waals surface area contributed by atoms with E-state index >= 15 is 0 Å². The van der Waals surface area contributed by atoms with Gasteiger partial charge in [-0.15, -0.1) is 0 Å². The Hall–Kier alpha value is -3.88. The van der Waals surface area contributed by atoms with E-state index < -0.39 is 20.0 Å². The monoisotopic (exact) mass is 960 g/mol. The van der Waals surface area contributed by atoms with Crippen molar-refractivity contribution in [2.45, 2.75) is 167 Å². The molecule has 0 fully saturated rings. The predicted octanol–water partition coefficient (Wildman–Crippen LogP) is 15.5. The summed E-state index contributed by atoms with van der Waals surface area (Å²) in [5, 5.41) is 13.7. The van der Waals surface area contributed by atoms with E-state index in [0.29, 0.717) is 17.4 Å². The van der Waals surface area contributed by atoms with Gasteiger partial charge in [0.05, 0.1) is 39.9 Å². The van der Waals surface area contributed by atoms with Crippen LogP contribution in [0.3, 0.4) is 0 Å². The summed E-state index contributed by atoms with van der Waals surface area (Å²) in [5.41, 5.74) is 0. The molecule has 0 saturated carbocycles. The van der Waals surface area contributed by atoms with Gasteiger partial charge in [-0.25, -0.2) is 4.57 Å². The third-order valence-electron chi connectivity index (χ3n) is 10.3. The van der Waals surface area contributed by atoms with Gasteiger partial charge < -0.3 is 19.8 Å². The van der Waals surface area contributed by atoms with Crippen molar-refractivity contribution in [2.24, 2.45) is 0 Å². The highest BCUT2D eigenvalue weighted by Gasteiger charge is 2.27. The number of quaternary nitrogens is 1. The Morgan fingerprint density at radius 1 is 0.529 bits per heavy atom. The van der Waals surface area contributed by atoms with Crippen LogP contribution in [0.25, 0.3) is 0 Å². The summed E-state index contributed by atoms with van der Waals surface area (Å²) in [5.74, 6) is -0.218. The molecule has 0 aromatic carbocycles. The first-order valence-corrected chi connectivity index (χ1v) is 27.3. The van der Waals surface area contributed by atoms with E-state index in [1.165, 1.54) is 0 Å². The van der Waals surface area contributed by atoms with Crippen molar-refractivity contribution in [2.75, 3.05) is 40.9 Å². The third kappa shape index (κ3) is 50.0. The topological polar surface area (TPSA) is 105 Å². The smallest absolute Gasteiger partial charge is 0.387 e. The number of phosphoric acid groups is 1. The molecule has 68 heavy (non-hydrogen) atoms. The number of hydrogen-bond acceptors (Lipinski definition) is 5. The Labute approximate surface area is 416 Å². The number of unbranched alkanes of at least 4 members (excludes halogenated alkanes) is 8. The van der Waals surface area contributed by atoms with E-state index in [4.69, 9.17) is 9.05 Å². The maximum Gasteiger partial charge on any atom is 0.472 e. The Morgan fingerprint density at radius 3 is 1.35 bits per heavy atom. The number of nitrogens with one attached hydrogen (secondary N) is 1. The molecule has 3 N–H and O–H groups in total. The highest BCUT2D eigenvalue weighted by molar-refractivity contribution is 7.47. The number of aliphatic hydroxyl groups is 1. The number of nitrogens with zero attached hydrogens (tertiary/aromatic N) is 1. The molecule has 0 bridgehead atoms. The number of carbonyl (C=O) groups is 1. The van der Waals surface area contributed by atoms with Crippen molar-refractivity contribution < 1.29 is 32.9 Å². The number of aliphatic hydroxyl groups excluding tert-OH is 1. The van der Waals surface area contributed by atoms with Crippen molar-refractivity contribution in [3.63, 3.8) is 0 Å². The summed E-state index contributed by atoms with van der Waals surface area (Å²) in [6.07, 6.45) is 76.6. The highest BCUT2D eigenvalue weighted by Crippen LogP contribution is 2.43. The van der Waals surface area contributed by atoms with Crippen LogP contribution in [-0.4, -0.2) is 73.4 Å². The molecule has 0 spiro atoms. The molecule has 0 aliphatic carbocycles. The van der Waals surface area contributed by atoms with Crippen LogP contribution in [0.4, 0.5) is 0 Å². The molecule has 0 aromatic heterocycles. The molecular formula is C59H96N2O6P+. The predicted molar refractivity (Wildman–Crippen MR) is 294 cm³/mol. The second-order valence-corrected chi connectivity index (χ2v) is 19.3. The van der Waals surface area contributed by atoms with Crippen LogP contribution >= 0.6 is 7.82 Å². The lowest BCUT2D eigenvalue weighted by Gasteiger charge is -2.25. The first-order valence-electron chi connectivity index (χ1n) is 25.8. The second kappa shape index (κ2) is 48.2. The Bertz CT molecular complexity index is 1650. The average molecular weight is 960 g/mol. The fourth-order valence-corrected chi connectivity index (χ4v) is 7.02. The number of allylic oxidation sites excluding steroid dienone is 25. The number of likely N-dealkylation sites (N-methyl/N-ethyl adjacent to an activating group) is 1. The molecule has 8 nitrogen and oxygen atoms in total. The minimum Gasteiger partial charge on any atom is -0.387 e. The average Bonchev–Trinajstić information content (AvgIpc) is 3.30. The van der Waals surface area contributed by atoms with Gasteiger partial charge in [-0.3, -0.25) is 13.8 Å². The molecular weight excluding hydrogens is 864 g/mol. The molecule has 0 saturated heterocycles. The van der Waals surface area contributed by atoms with Crippen molar-refractivity contribution in [3.8, 4) is 0 Å². The van der Waals surface area contributed by atoms with Gasteiger partial charge in [0.15, 0.2) is 0 Å². The molecule has 0 aliphatic heterocycles. The van der Waals surface area contributed by atoms with Gasteiger partial charge in [0.2, 0.25) is 5.91 Å². The van der Waals surface area contributed by atoms with Crippen LogP contribution < -0.4 is 5.32 Å². The zero-order chi connectivity index (χ0) is 49.9. The lowest BCUT2D eigenvalue weighted by molar-refractivity contribution is -0.870. The van der Waals surface area contributed by atoms with Crippen molar-refractivity contribution >= 4 is 13.7 Å². The zero-order valence-electron chi connectivity index (χ0n) is 43.3. The van der Waals surface area contributed by atoms with Crippen LogP contribution in [0, 0.1) is 0 Å². The van der Waals surface area contributed by atoms with Crippen LogP contribution in [0.15, 0.2) is 158 Å². The summed E-state index contributed by atoms with van der Waals surface area (Å²) in [7, 11) is 1.50. The third-order valence-corrected chi connectivity index (χ3v) is 11.3. The molecule has 0 aliphatic rings. The first kappa shape index (κ1) is 64.1. The van der Waals surface area contributed by atoms with Crippen molar-refractivity contribution in [1.82, 2.24) is 5.32 Å². The van der Waals surface area contributed by atoms with Gasteiger partial charge in [-0.1, -0.05) is 191 Å². The number of amides is 1. The molecule has 0 heterocycles. The lowest BCUT2D eigenvalue weighted by Crippen LogP contribution is -2.45. The second-order valence-electron chi connectivity index (χ2n) is 17.8. The van der Waals surface area contributed by atoms with E-state index in [1.807, 2.05) is 40.2 Å². The van der Waals surface area contributed by atoms with Gasteiger partial charge in [0.25, 0.3) is 0 Å². The largest absolute Gasteiger partial charge is 0.472 e. The van der Waals surface area contributed by atoms with Crippen molar-refractivity contribution in [3.05, 3.63) is 158 Å². The number of carbonyl (C=O) groups excluding carboxylic acids is 1. The van der Waals surface area contributed by atoms with E-state index in [9.17, 15) is 19.4 Å². The lowest BCUT2D eigenvalue weighted by atomic mass is 10.1. The quantitative estimate of drug-likeness (QED) is 0.0243. The fourth-order valence-electron chi connectivity index (χ4n) is 6.28. The van der Waals surface area contributed by atoms with Crippen LogP contribution in [0.1, 0.15) is 155 Å². The molecule has 382 valence electrons. The van der Waals surface area contributed by atoms with Crippen LogP contribution in [0.2, 0.25) is 0 Å². The number of hydrogen-bond donors (Lipinski definition) is 3. The van der Waals surface area contributed by atoms with Gasteiger partial charge in [0.1, 0.15) is 13.2 Å².